The van der Waals surface area contributed by atoms with Gasteiger partial charge in [0.2, 0.25) is 0 Å². The molecule has 4 nitrogen and oxygen atoms in total. The zero-order valence-electron chi connectivity index (χ0n) is 9.68. The number of rotatable bonds is 3. The van der Waals surface area contributed by atoms with Crippen LogP contribution in [0.4, 0.5) is 0 Å². The van der Waals surface area contributed by atoms with Crippen LogP contribution < -0.4 is 5.73 Å². The molecule has 1 fully saturated rings. The smallest absolute Gasteiger partial charge is 0.0558 e. The molecule has 0 aromatic carbocycles. The van der Waals surface area contributed by atoms with Crippen molar-refractivity contribution in [2.75, 3.05) is 39.3 Å². The fourth-order valence-corrected chi connectivity index (χ4v) is 2.40. The summed E-state index contributed by atoms with van der Waals surface area (Å²) in [5.41, 5.74) is 6.69. The Kier molecular flexibility index (Phi) is 3.98. The molecule has 0 saturated carbocycles. The number of β-amino-alcohol motifs (C(OH)–C–C–N with tert-alkyl or cyclic N) is 1. The molecule has 0 bridgehead atoms. The van der Waals surface area contributed by atoms with E-state index in [0.29, 0.717) is 6.04 Å². The van der Waals surface area contributed by atoms with Crippen molar-refractivity contribution in [2.45, 2.75) is 12.5 Å². The molecule has 1 saturated heterocycles. The maximum Gasteiger partial charge on any atom is 0.0558 e. The van der Waals surface area contributed by atoms with Crippen molar-refractivity contribution in [3.05, 3.63) is 23.9 Å². The van der Waals surface area contributed by atoms with Crippen LogP contribution in [0, 0.1) is 0 Å². The van der Waals surface area contributed by atoms with Crippen molar-refractivity contribution in [1.82, 2.24) is 9.80 Å². The van der Waals surface area contributed by atoms with Crippen LogP contribution in [-0.2, 0) is 0 Å². The fourth-order valence-electron chi connectivity index (χ4n) is 2.40. The Bertz CT molecular complexity index is 280. The van der Waals surface area contributed by atoms with E-state index in [-0.39, 0.29) is 6.61 Å². The molecule has 1 heterocycles. The highest BCUT2D eigenvalue weighted by Crippen LogP contribution is 2.15. The number of aliphatic hydroxyl groups excluding tert-OH is 1. The molecule has 0 amide bonds. The van der Waals surface area contributed by atoms with E-state index < -0.39 is 0 Å². The van der Waals surface area contributed by atoms with Gasteiger partial charge in [0.15, 0.2) is 0 Å². The number of hydrogen-bond acceptors (Lipinski definition) is 4. The summed E-state index contributed by atoms with van der Waals surface area (Å²) in [7, 11) is 0. The predicted molar refractivity (Wildman–Crippen MR) is 64.9 cm³/mol. The van der Waals surface area contributed by atoms with Crippen LogP contribution in [0.3, 0.4) is 0 Å². The van der Waals surface area contributed by atoms with Gasteiger partial charge in [-0.1, -0.05) is 6.08 Å². The quantitative estimate of drug-likeness (QED) is 0.694. The number of nitrogens with zero attached hydrogens (tertiary/aromatic N) is 2. The van der Waals surface area contributed by atoms with E-state index in [4.69, 9.17) is 10.8 Å². The standard InChI is InChI=1S/C12H21N3O/c13-11-2-1-3-12(10-11)15-6-4-14(5-7-15)8-9-16/h1-2,10,12,16H,3-9,13H2. The summed E-state index contributed by atoms with van der Waals surface area (Å²) in [4.78, 5) is 4.78. The molecule has 90 valence electrons. The second-order valence-electron chi connectivity index (χ2n) is 4.47. The van der Waals surface area contributed by atoms with Gasteiger partial charge >= 0.3 is 0 Å². The molecule has 1 aliphatic carbocycles. The molecule has 3 N–H and O–H groups in total. The number of piperazine rings is 1. The molecule has 1 atom stereocenters. The van der Waals surface area contributed by atoms with Gasteiger partial charge < -0.3 is 10.8 Å². The van der Waals surface area contributed by atoms with Gasteiger partial charge in [0.05, 0.1) is 6.61 Å². The Morgan fingerprint density at radius 2 is 2.06 bits per heavy atom. The topological polar surface area (TPSA) is 52.7 Å². The maximum atomic E-state index is 8.88. The lowest BCUT2D eigenvalue weighted by molar-refractivity contribution is 0.0965. The lowest BCUT2D eigenvalue weighted by Gasteiger charge is -2.38. The fraction of sp³-hybridized carbons (Fsp3) is 0.667. The molecular formula is C12H21N3O. The van der Waals surface area contributed by atoms with Gasteiger partial charge in [-0.3, -0.25) is 9.80 Å². The van der Waals surface area contributed by atoms with Crippen molar-refractivity contribution in [2.24, 2.45) is 5.73 Å². The minimum absolute atomic E-state index is 0.263. The van der Waals surface area contributed by atoms with E-state index >= 15 is 0 Å². The van der Waals surface area contributed by atoms with Crippen LogP contribution in [0.5, 0.6) is 0 Å². The highest BCUT2D eigenvalue weighted by atomic mass is 16.3. The van der Waals surface area contributed by atoms with Crippen LogP contribution in [0.2, 0.25) is 0 Å². The van der Waals surface area contributed by atoms with E-state index in [1.807, 2.05) is 6.08 Å². The van der Waals surface area contributed by atoms with Crippen LogP contribution in [-0.4, -0.2) is 60.3 Å². The number of hydrogen-bond donors (Lipinski definition) is 2. The summed E-state index contributed by atoms with van der Waals surface area (Å²) in [5, 5.41) is 8.88. The Hall–Kier alpha value is -0.840. The zero-order chi connectivity index (χ0) is 11.4. The zero-order valence-corrected chi connectivity index (χ0v) is 9.68. The lowest BCUT2D eigenvalue weighted by Crippen LogP contribution is -2.50. The summed E-state index contributed by atoms with van der Waals surface area (Å²) in [6.07, 6.45) is 7.36. The van der Waals surface area contributed by atoms with Crippen LogP contribution in [0.1, 0.15) is 6.42 Å². The predicted octanol–water partition coefficient (Wildman–Crippen LogP) is -0.233. The van der Waals surface area contributed by atoms with Crippen LogP contribution >= 0.6 is 0 Å². The highest BCUT2D eigenvalue weighted by molar-refractivity contribution is 5.22. The van der Waals surface area contributed by atoms with Gasteiger partial charge in [-0.05, 0) is 18.6 Å². The van der Waals surface area contributed by atoms with E-state index in [2.05, 4.69) is 22.0 Å². The van der Waals surface area contributed by atoms with Gasteiger partial charge in [-0.2, -0.15) is 0 Å². The molecule has 1 aliphatic heterocycles. The van der Waals surface area contributed by atoms with Crippen molar-refractivity contribution < 1.29 is 5.11 Å². The third-order valence-electron chi connectivity index (χ3n) is 3.36. The first-order chi connectivity index (χ1) is 7.79. The summed E-state index contributed by atoms with van der Waals surface area (Å²) >= 11 is 0. The molecule has 4 heteroatoms. The number of aliphatic hydroxyl groups is 1. The Labute approximate surface area is 97.0 Å². The Morgan fingerprint density at radius 1 is 1.31 bits per heavy atom. The Morgan fingerprint density at radius 3 is 2.69 bits per heavy atom. The average molecular weight is 223 g/mol. The molecular weight excluding hydrogens is 202 g/mol. The molecule has 2 rings (SSSR count). The molecule has 2 aliphatic rings. The third-order valence-corrected chi connectivity index (χ3v) is 3.36. The molecule has 0 radical (unpaired) electrons. The molecule has 0 spiro atoms. The minimum Gasteiger partial charge on any atom is -0.399 e. The maximum absolute atomic E-state index is 8.88. The van der Waals surface area contributed by atoms with Crippen molar-refractivity contribution in [1.29, 1.82) is 0 Å². The third kappa shape index (κ3) is 2.84. The normalized spacial score (nSPS) is 28.1. The van der Waals surface area contributed by atoms with E-state index in [1.54, 1.807) is 0 Å². The number of nitrogens with two attached hydrogens (primary N) is 1. The van der Waals surface area contributed by atoms with Crippen molar-refractivity contribution in [3.63, 3.8) is 0 Å². The molecule has 16 heavy (non-hydrogen) atoms. The molecule has 1 unspecified atom stereocenters. The second-order valence-corrected chi connectivity index (χ2v) is 4.47. The molecule has 0 aromatic rings. The Balaban J connectivity index is 1.83. The summed E-state index contributed by atoms with van der Waals surface area (Å²) < 4.78 is 0. The second kappa shape index (κ2) is 5.48. The summed E-state index contributed by atoms with van der Waals surface area (Å²) in [6, 6.07) is 0.473. The SMILES string of the molecule is NC1=CC(N2CCN(CCO)CC2)CC=C1. The van der Waals surface area contributed by atoms with Crippen LogP contribution in [0.15, 0.2) is 23.9 Å². The molecule has 0 aromatic heterocycles. The minimum atomic E-state index is 0.263. The monoisotopic (exact) mass is 223 g/mol. The van der Waals surface area contributed by atoms with Gasteiger partial charge in [0.1, 0.15) is 0 Å². The van der Waals surface area contributed by atoms with E-state index in [1.165, 1.54) is 0 Å². The van der Waals surface area contributed by atoms with Crippen molar-refractivity contribution in [3.8, 4) is 0 Å². The first kappa shape index (κ1) is 11.6. The first-order valence-corrected chi connectivity index (χ1v) is 6.00. The number of allylic oxidation sites excluding steroid dienone is 1. The first-order valence-electron chi connectivity index (χ1n) is 6.00. The average Bonchev–Trinajstić information content (AvgIpc) is 2.30. The van der Waals surface area contributed by atoms with Crippen molar-refractivity contribution >= 4 is 0 Å². The van der Waals surface area contributed by atoms with Gasteiger partial charge in [0, 0.05) is 44.5 Å². The van der Waals surface area contributed by atoms with Crippen LogP contribution in [0.25, 0.3) is 0 Å². The lowest BCUT2D eigenvalue weighted by atomic mass is 10.0. The van der Waals surface area contributed by atoms with Gasteiger partial charge in [-0.15, -0.1) is 0 Å². The van der Waals surface area contributed by atoms with E-state index in [9.17, 15) is 0 Å². The highest BCUT2D eigenvalue weighted by Gasteiger charge is 2.22. The van der Waals surface area contributed by atoms with Gasteiger partial charge in [0.25, 0.3) is 0 Å². The summed E-state index contributed by atoms with van der Waals surface area (Å²) in [5.74, 6) is 0. The van der Waals surface area contributed by atoms with E-state index in [0.717, 1.165) is 44.8 Å². The summed E-state index contributed by atoms with van der Waals surface area (Å²) in [6.45, 7) is 5.31. The van der Waals surface area contributed by atoms with Gasteiger partial charge in [-0.25, -0.2) is 0 Å². The largest absolute Gasteiger partial charge is 0.399 e.